The first-order valence-electron chi connectivity index (χ1n) is 13.1. The smallest absolute Gasteiger partial charge is 0.343 e. The summed E-state index contributed by atoms with van der Waals surface area (Å²) in [6.07, 6.45) is 1.76. The largest absolute Gasteiger partial charge is 0.422 e. The van der Waals surface area contributed by atoms with Crippen LogP contribution in [0.2, 0.25) is 0 Å². The van der Waals surface area contributed by atoms with Crippen molar-refractivity contribution in [3.63, 3.8) is 0 Å². The second-order valence-corrected chi connectivity index (χ2v) is 9.80. The Kier molecular flexibility index (Phi) is 12.8. The second kappa shape index (κ2) is 14.5. The van der Waals surface area contributed by atoms with E-state index in [4.69, 9.17) is 0 Å². The molecule has 0 bridgehead atoms. The van der Waals surface area contributed by atoms with Gasteiger partial charge in [-0.25, -0.2) is 5.10 Å². The summed E-state index contributed by atoms with van der Waals surface area (Å²) in [6, 6.07) is -0.474. The molecule has 0 saturated heterocycles. The predicted octanol–water partition coefficient (Wildman–Crippen LogP) is 5.05. The fraction of sp³-hybridized carbons (Fsp3) is 0.769. The van der Waals surface area contributed by atoms with Gasteiger partial charge >= 0.3 is 6.18 Å². The fourth-order valence-electron chi connectivity index (χ4n) is 4.21. The van der Waals surface area contributed by atoms with Crippen LogP contribution in [0.15, 0.2) is 4.79 Å². The van der Waals surface area contributed by atoms with Crippen LogP contribution in [0.1, 0.15) is 103 Å². The molecule has 2 N–H and O–H groups in total. The summed E-state index contributed by atoms with van der Waals surface area (Å²) in [5, 5.41) is 9.12. The van der Waals surface area contributed by atoms with Crippen molar-refractivity contribution in [2.45, 2.75) is 98.7 Å². The minimum atomic E-state index is -4.73. The van der Waals surface area contributed by atoms with Gasteiger partial charge < -0.3 is 15.0 Å². The van der Waals surface area contributed by atoms with Crippen molar-refractivity contribution in [1.82, 2.24) is 20.4 Å². The highest BCUT2D eigenvalue weighted by atomic mass is 19.4. The van der Waals surface area contributed by atoms with Crippen molar-refractivity contribution >= 4 is 12.2 Å². The van der Waals surface area contributed by atoms with E-state index in [0.717, 1.165) is 44.9 Å². The van der Waals surface area contributed by atoms with Gasteiger partial charge in [0.05, 0.1) is 11.7 Å². The van der Waals surface area contributed by atoms with E-state index in [2.05, 4.69) is 17.3 Å². The number of halogens is 3. The number of carbonyl (C=O) groups is 2. The highest BCUT2D eigenvalue weighted by molar-refractivity contribution is 5.76. The number of hydrogen-bond acceptors (Lipinski definition) is 5. The number of aromatic amines is 1. The van der Waals surface area contributed by atoms with Crippen LogP contribution in [0, 0.1) is 11.3 Å². The van der Waals surface area contributed by atoms with E-state index in [1.165, 1.54) is 0 Å². The number of fused-ring (bicyclic) bond motifs is 1. The van der Waals surface area contributed by atoms with Crippen molar-refractivity contribution < 1.29 is 22.8 Å². The predicted molar refractivity (Wildman–Crippen MR) is 135 cm³/mol. The van der Waals surface area contributed by atoms with Gasteiger partial charge in [0.25, 0.3) is 5.56 Å². The number of amides is 1. The lowest BCUT2D eigenvalue weighted by molar-refractivity contribution is -0.139. The number of alkyl halides is 3. The third-order valence-corrected chi connectivity index (χ3v) is 6.22. The summed E-state index contributed by atoms with van der Waals surface area (Å²) < 4.78 is 40.2. The zero-order valence-electron chi connectivity index (χ0n) is 22.6. The molecule has 10 heteroatoms. The van der Waals surface area contributed by atoms with Gasteiger partial charge in [0.15, 0.2) is 0 Å². The molecule has 0 radical (unpaired) electrons. The molecular weight excluding hydrogens is 473 g/mol. The Morgan fingerprint density at radius 2 is 1.83 bits per heavy atom. The second-order valence-electron chi connectivity index (χ2n) is 9.80. The van der Waals surface area contributed by atoms with Gasteiger partial charge in [-0.05, 0) is 43.1 Å². The molecule has 1 aromatic rings. The first-order chi connectivity index (χ1) is 17.0. The molecule has 1 aromatic heterocycles. The molecule has 2 aliphatic carbocycles. The monoisotopic (exact) mass is 516 g/mol. The van der Waals surface area contributed by atoms with Crippen LogP contribution in [-0.4, -0.2) is 46.9 Å². The number of rotatable bonds is 10. The number of unbranched alkanes of at least 4 members (excludes halogenated alkanes) is 1. The van der Waals surface area contributed by atoms with Crippen molar-refractivity contribution in [2.24, 2.45) is 11.3 Å². The van der Waals surface area contributed by atoms with Crippen LogP contribution in [0.25, 0.3) is 0 Å². The minimum Gasteiger partial charge on any atom is -0.343 e. The topological polar surface area (TPSA) is 95.2 Å². The molecule has 206 valence electrons. The van der Waals surface area contributed by atoms with E-state index in [1.54, 1.807) is 0 Å². The summed E-state index contributed by atoms with van der Waals surface area (Å²) in [5.41, 5.74) is -2.78. The minimum absolute atomic E-state index is 0.0363. The Balaban J connectivity index is 0.000000806. The molecule has 0 aliphatic heterocycles. The molecule has 7 nitrogen and oxygen atoms in total. The molecule has 36 heavy (non-hydrogen) atoms. The highest BCUT2D eigenvalue weighted by Gasteiger charge is 2.47. The SMILES string of the molecule is CC.CCCCN(CCC)C(=O)CCNC1c2n[nH]c(=O)c(C(F)(F)F)c2CC1(C)C.O=CC1CC1. The normalized spacial score (nSPS) is 17.8. The fourth-order valence-corrected chi connectivity index (χ4v) is 4.21. The van der Waals surface area contributed by atoms with Gasteiger partial charge in [-0.15, -0.1) is 0 Å². The highest BCUT2D eigenvalue weighted by Crippen LogP contribution is 2.46. The van der Waals surface area contributed by atoms with E-state index < -0.39 is 28.8 Å². The van der Waals surface area contributed by atoms with Gasteiger partial charge in [-0.3, -0.25) is 9.59 Å². The number of hydrogen-bond donors (Lipinski definition) is 2. The zero-order chi connectivity index (χ0) is 27.5. The lowest BCUT2D eigenvalue weighted by atomic mass is 9.85. The van der Waals surface area contributed by atoms with Crippen molar-refractivity contribution in [2.75, 3.05) is 19.6 Å². The van der Waals surface area contributed by atoms with Gasteiger partial charge in [-0.1, -0.05) is 48.0 Å². The molecule has 1 atom stereocenters. The van der Waals surface area contributed by atoms with Crippen LogP contribution in [0.5, 0.6) is 0 Å². The molecule has 1 unspecified atom stereocenters. The van der Waals surface area contributed by atoms with Gasteiger partial charge in [0.1, 0.15) is 11.8 Å². The van der Waals surface area contributed by atoms with E-state index in [0.29, 0.717) is 19.0 Å². The average Bonchev–Trinajstić information content (AvgIpc) is 3.61. The first kappa shape index (κ1) is 31.8. The first-order valence-corrected chi connectivity index (χ1v) is 13.1. The Morgan fingerprint density at radius 1 is 1.19 bits per heavy atom. The van der Waals surface area contributed by atoms with E-state index in [1.807, 2.05) is 44.6 Å². The number of nitrogens with zero attached hydrogens (tertiary/aromatic N) is 2. The lowest BCUT2D eigenvalue weighted by Crippen LogP contribution is -2.37. The van der Waals surface area contributed by atoms with Crippen molar-refractivity contribution in [3.8, 4) is 0 Å². The Morgan fingerprint density at radius 3 is 2.31 bits per heavy atom. The quantitative estimate of drug-likeness (QED) is 0.424. The molecule has 0 spiro atoms. The summed E-state index contributed by atoms with van der Waals surface area (Å²) in [4.78, 5) is 35.7. The maximum Gasteiger partial charge on any atom is 0.422 e. The summed E-state index contributed by atoms with van der Waals surface area (Å²) in [5.74, 6) is 0.490. The Labute approximate surface area is 212 Å². The maximum absolute atomic E-state index is 13.4. The zero-order valence-corrected chi connectivity index (χ0v) is 22.6. The van der Waals surface area contributed by atoms with Crippen molar-refractivity contribution in [3.05, 3.63) is 27.2 Å². The summed E-state index contributed by atoms with van der Waals surface area (Å²) in [7, 11) is 0. The Hall–Kier alpha value is -2.23. The standard InChI is InChI=1S/C20H31F3N4O2.C4H6O.C2H6/c1-5-7-11-27(10-6-2)14(28)8-9-24-17-16-13(12-19(17,3)4)15(20(21,22)23)18(29)26-25-16;5-3-4-1-2-4;1-2/h17,24H,5-12H2,1-4H3,(H,26,29);3-4H,1-2H2;1-2H3. The van der Waals surface area contributed by atoms with Crippen LogP contribution < -0.4 is 10.9 Å². The number of nitrogens with one attached hydrogen (secondary N) is 2. The van der Waals surface area contributed by atoms with Gasteiger partial charge in [-0.2, -0.15) is 18.3 Å². The molecule has 1 heterocycles. The van der Waals surface area contributed by atoms with E-state index >= 15 is 0 Å². The van der Waals surface area contributed by atoms with Crippen LogP contribution in [0.3, 0.4) is 0 Å². The molecule has 1 saturated carbocycles. The molecule has 3 rings (SSSR count). The van der Waals surface area contributed by atoms with E-state index in [9.17, 15) is 27.6 Å². The van der Waals surface area contributed by atoms with Crippen LogP contribution in [-0.2, 0) is 22.2 Å². The average molecular weight is 517 g/mol. The molecule has 1 fully saturated rings. The molecular formula is C26H43F3N4O3. The summed E-state index contributed by atoms with van der Waals surface area (Å²) >= 11 is 0. The molecule has 0 aromatic carbocycles. The number of aldehydes is 1. The molecule has 2 aliphatic rings. The third kappa shape index (κ3) is 9.01. The molecule has 1 amide bonds. The lowest BCUT2D eigenvalue weighted by Gasteiger charge is -2.28. The third-order valence-electron chi connectivity index (χ3n) is 6.22. The summed E-state index contributed by atoms with van der Waals surface area (Å²) in [6.45, 7) is 13.5. The van der Waals surface area contributed by atoms with E-state index in [-0.39, 0.29) is 30.0 Å². The van der Waals surface area contributed by atoms with Gasteiger partial charge in [0, 0.05) is 32.0 Å². The van der Waals surface area contributed by atoms with Crippen LogP contribution in [0.4, 0.5) is 13.2 Å². The number of aromatic nitrogens is 2. The van der Waals surface area contributed by atoms with Crippen LogP contribution >= 0.6 is 0 Å². The number of H-pyrrole nitrogens is 1. The Bertz CT molecular complexity index is 895. The van der Waals surface area contributed by atoms with Crippen molar-refractivity contribution in [1.29, 1.82) is 0 Å². The maximum atomic E-state index is 13.4. The van der Waals surface area contributed by atoms with Gasteiger partial charge in [0.2, 0.25) is 5.91 Å². The number of carbonyl (C=O) groups excluding carboxylic acids is 2.